The lowest BCUT2D eigenvalue weighted by atomic mass is 9.92. The lowest BCUT2D eigenvalue weighted by molar-refractivity contribution is 0.453. The summed E-state index contributed by atoms with van der Waals surface area (Å²) >= 11 is 0. The van der Waals surface area contributed by atoms with Crippen LogP contribution in [-0.2, 0) is 12.0 Å². The van der Waals surface area contributed by atoms with Gasteiger partial charge in [0.25, 0.3) is 0 Å². The maximum absolute atomic E-state index is 4.69. The van der Waals surface area contributed by atoms with Crippen LogP contribution in [0.1, 0.15) is 62.4 Å². The zero-order valence-corrected chi connectivity index (χ0v) is 16.1. The van der Waals surface area contributed by atoms with Crippen molar-refractivity contribution in [2.24, 2.45) is 0 Å². The Balaban J connectivity index is 1.76. The van der Waals surface area contributed by atoms with E-state index in [0.717, 1.165) is 48.4 Å². The fourth-order valence-electron chi connectivity index (χ4n) is 3.25. The highest BCUT2D eigenvalue weighted by Crippen LogP contribution is 2.25. The first-order valence-electron chi connectivity index (χ1n) is 9.15. The van der Waals surface area contributed by atoms with Crippen LogP contribution >= 0.6 is 0 Å². The van der Waals surface area contributed by atoms with Gasteiger partial charge >= 0.3 is 0 Å². The van der Waals surface area contributed by atoms with Crippen LogP contribution < -0.4 is 10.2 Å². The molecule has 25 heavy (non-hydrogen) atoms. The van der Waals surface area contributed by atoms with E-state index in [4.69, 9.17) is 0 Å². The maximum Gasteiger partial charge on any atom is 0.132 e. The van der Waals surface area contributed by atoms with E-state index in [-0.39, 0.29) is 5.41 Å². The predicted octanol–water partition coefficient (Wildman–Crippen LogP) is 2.91. The Morgan fingerprint density at radius 2 is 2.04 bits per heavy atom. The van der Waals surface area contributed by atoms with Crippen molar-refractivity contribution >= 4 is 5.82 Å². The summed E-state index contributed by atoms with van der Waals surface area (Å²) in [6, 6.07) is 4.29. The first-order chi connectivity index (χ1) is 11.8. The lowest BCUT2D eigenvalue weighted by Crippen LogP contribution is -2.29. The van der Waals surface area contributed by atoms with E-state index in [2.05, 4.69) is 70.3 Å². The average molecular weight is 342 g/mol. The SMILES string of the molecule is Cc1nc(C2CCCNC2)cc(N(C)Cc2cc(C(C)(C)C)n[nH]2)n1. The third-order valence-electron chi connectivity index (χ3n) is 4.76. The van der Waals surface area contributed by atoms with Gasteiger partial charge in [-0.15, -0.1) is 0 Å². The molecule has 6 nitrogen and oxygen atoms in total. The van der Waals surface area contributed by atoms with Gasteiger partial charge in [-0.1, -0.05) is 20.8 Å². The molecule has 0 bridgehead atoms. The summed E-state index contributed by atoms with van der Waals surface area (Å²) < 4.78 is 0. The molecular formula is C19H30N6. The Kier molecular flexibility index (Phi) is 5.08. The molecule has 0 aromatic carbocycles. The molecule has 2 aromatic heterocycles. The number of aromatic amines is 1. The third kappa shape index (κ3) is 4.37. The van der Waals surface area contributed by atoms with E-state index < -0.39 is 0 Å². The second kappa shape index (κ2) is 7.12. The van der Waals surface area contributed by atoms with Gasteiger partial charge in [0, 0.05) is 31.0 Å². The van der Waals surface area contributed by atoms with E-state index in [1.807, 2.05) is 6.92 Å². The Hall–Kier alpha value is -1.95. The van der Waals surface area contributed by atoms with Crippen LogP contribution in [0.4, 0.5) is 5.82 Å². The van der Waals surface area contributed by atoms with E-state index in [0.29, 0.717) is 5.92 Å². The molecule has 1 fully saturated rings. The number of aromatic nitrogens is 4. The molecule has 1 aliphatic heterocycles. The van der Waals surface area contributed by atoms with Gasteiger partial charge in [-0.3, -0.25) is 5.10 Å². The molecule has 0 aliphatic carbocycles. The summed E-state index contributed by atoms with van der Waals surface area (Å²) in [6.45, 7) is 11.4. The molecule has 1 saturated heterocycles. The molecule has 0 radical (unpaired) electrons. The van der Waals surface area contributed by atoms with Gasteiger partial charge in [0.1, 0.15) is 11.6 Å². The fraction of sp³-hybridized carbons (Fsp3) is 0.632. The highest BCUT2D eigenvalue weighted by molar-refractivity contribution is 5.40. The largest absolute Gasteiger partial charge is 0.354 e. The highest BCUT2D eigenvalue weighted by Gasteiger charge is 2.20. The Labute approximate surface area is 150 Å². The second-order valence-electron chi connectivity index (χ2n) is 8.13. The molecule has 1 atom stereocenters. The first kappa shape index (κ1) is 17.9. The number of anilines is 1. The van der Waals surface area contributed by atoms with Crippen molar-refractivity contribution in [3.8, 4) is 0 Å². The molecule has 1 aliphatic rings. The van der Waals surface area contributed by atoms with Crippen LogP contribution in [0.3, 0.4) is 0 Å². The van der Waals surface area contributed by atoms with E-state index in [1.54, 1.807) is 0 Å². The molecule has 6 heteroatoms. The molecule has 0 spiro atoms. The zero-order chi connectivity index (χ0) is 18.0. The quantitative estimate of drug-likeness (QED) is 0.894. The van der Waals surface area contributed by atoms with Gasteiger partial charge < -0.3 is 10.2 Å². The normalized spacial score (nSPS) is 18.4. The minimum Gasteiger partial charge on any atom is -0.354 e. The summed E-state index contributed by atoms with van der Waals surface area (Å²) in [5.74, 6) is 2.30. The zero-order valence-electron chi connectivity index (χ0n) is 16.1. The second-order valence-corrected chi connectivity index (χ2v) is 8.13. The topological polar surface area (TPSA) is 69.7 Å². The van der Waals surface area contributed by atoms with Crippen LogP contribution in [-0.4, -0.2) is 40.3 Å². The van der Waals surface area contributed by atoms with Gasteiger partial charge in [-0.2, -0.15) is 5.10 Å². The van der Waals surface area contributed by atoms with Gasteiger partial charge in [0.15, 0.2) is 0 Å². The van der Waals surface area contributed by atoms with Crippen molar-refractivity contribution in [3.05, 3.63) is 35.0 Å². The number of H-pyrrole nitrogens is 1. The Morgan fingerprint density at radius 1 is 1.24 bits per heavy atom. The number of aryl methyl sites for hydroxylation is 1. The molecule has 3 heterocycles. The van der Waals surface area contributed by atoms with Crippen molar-refractivity contribution in [3.63, 3.8) is 0 Å². The van der Waals surface area contributed by atoms with Crippen molar-refractivity contribution in [2.45, 2.75) is 58.4 Å². The third-order valence-corrected chi connectivity index (χ3v) is 4.76. The van der Waals surface area contributed by atoms with Crippen LogP contribution in [0, 0.1) is 6.92 Å². The molecule has 1 unspecified atom stereocenters. The summed E-state index contributed by atoms with van der Waals surface area (Å²) in [7, 11) is 2.07. The minimum atomic E-state index is 0.0555. The number of hydrogen-bond acceptors (Lipinski definition) is 5. The summed E-state index contributed by atoms with van der Waals surface area (Å²) in [4.78, 5) is 11.5. The minimum absolute atomic E-state index is 0.0555. The molecule has 0 amide bonds. The molecule has 3 rings (SSSR count). The Morgan fingerprint density at radius 3 is 2.68 bits per heavy atom. The standard InChI is InChI=1S/C19H30N6/c1-13-21-16(14-7-6-8-20-11-14)10-18(22-13)25(5)12-15-9-17(24-23-15)19(2,3)4/h9-10,14,20H,6-8,11-12H2,1-5H3,(H,23,24). The Bertz CT molecular complexity index is 709. The summed E-state index contributed by atoms with van der Waals surface area (Å²) in [6.07, 6.45) is 2.41. The van der Waals surface area contributed by atoms with E-state index in [1.165, 1.54) is 12.8 Å². The highest BCUT2D eigenvalue weighted by atomic mass is 15.2. The van der Waals surface area contributed by atoms with Crippen molar-refractivity contribution in [1.29, 1.82) is 0 Å². The average Bonchev–Trinajstić information content (AvgIpc) is 3.04. The van der Waals surface area contributed by atoms with Gasteiger partial charge in [-0.05, 0) is 32.4 Å². The molecule has 136 valence electrons. The molecule has 2 N–H and O–H groups in total. The first-order valence-corrected chi connectivity index (χ1v) is 9.15. The van der Waals surface area contributed by atoms with Crippen molar-refractivity contribution in [1.82, 2.24) is 25.5 Å². The fourth-order valence-corrected chi connectivity index (χ4v) is 3.25. The number of hydrogen-bond donors (Lipinski definition) is 2. The van der Waals surface area contributed by atoms with Crippen LogP contribution in [0.15, 0.2) is 12.1 Å². The maximum atomic E-state index is 4.69. The van der Waals surface area contributed by atoms with Gasteiger partial charge in [-0.25, -0.2) is 9.97 Å². The summed E-state index contributed by atoms with van der Waals surface area (Å²) in [5.41, 5.74) is 3.40. The van der Waals surface area contributed by atoms with Crippen molar-refractivity contribution in [2.75, 3.05) is 25.0 Å². The van der Waals surface area contributed by atoms with E-state index >= 15 is 0 Å². The van der Waals surface area contributed by atoms with E-state index in [9.17, 15) is 0 Å². The van der Waals surface area contributed by atoms with Crippen LogP contribution in [0.25, 0.3) is 0 Å². The molecule has 0 saturated carbocycles. The van der Waals surface area contributed by atoms with Gasteiger partial charge in [0.2, 0.25) is 0 Å². The number of piperidine rings is 1. The monoisotopic (exact) mass is 342 g/mol. The van der Waals surface area contributed by atoms with Crippen molar-refractivity contribution < 1.29 is 0 Å². The number of rotatable bonds is 4. The summed E-state index contributed by atoms with van der Waals surface area (Å²) in [5, 5.41) is 11.1. The predicted molar refractivity (Wildman–Crippen MR) is 101 cm³/mol. The smallest absolute Gasteiger partial charge is 0.132 e. The van der Waals surface area contributed by atoms with Gasteiger partial charge in [0.05, 0.1) is 23.6 Å². The van der Waals surface area contributed by atoms with Crippen LogP contribution in [0.2, 0.25) is 0 Å². The molecule has 2 aromatic rings. The van der Waals surface area contributed by atoms with Crippen LogP contribution in [0.5, 0.6) is 0 Å². The molecular weight excluding hydrogens is 312 g/mol. The number of nitrogens with zero attached hydrogens (tertiary/aromatic N) is 4. The lowest BCUT2D eigenvalue weighted by Gasteiger charge is -2.24. The number of nitrogens with one attached hydrogen (secondary N) is 2.